The maximum absolute atomic E-state index is 12.1. The van der Waals surface area contributed by atoms with Crippen LogP contribution in [0.5, 0.6) is 0 Å². The van der Waals surface area contributed by atoms with Gasteiger partial charge in [-0.1, -0.05) is 0 Å². The van der Waals surface area contributed by atoms with Gasteiger partial charge in [-0.15, -0.1) is 0 Å². The maximum Gasteiger partial charge on any atom is 0.222 e. The number of aryl methyl sites for hydroxylation is 1. The molecule has 0 aliphatic carbocycles. The molecule has 6 nitrogen and oxygen atoms in total. The number of morpholine rings is 1. The molecule has 112 valence electrons. The summed E-state index contributed by atoms with van der Waals surface area (Å²) in [4.78, 5) is 14.0. The van der Waals surface area contributed by atoms with E-state index in [0.29, 0.717) is 32.7 Å². The minimum Gasteiger partial charge on any atom is -0.373 e. The number of amides is 1. The molecule has 1 saturated heterocycles. The normalized spacial score (nSPS) is 19.3. The first kappa shape index (κ1) is 15.0. The molecule has 0 saturated carbocycles. The molecular formula is C14H24N4O2. The first-order valence-corrected chi connectivity index (χ1v) is 7.22. The van der Waals surface area contributed by atoms with Crippen molar-refractivity contribution in [2.75, 3.05) is 33.3 Å². The zero-order chi connectivity index (χ0) is 14.4. The lowest BCUT2D eigenvalue weighted by Crippen LogP contribution is -2.47. The van der Waals surface area contributed by atoms with Crippen LogP contribution in [0.4, 0.5) is 0 Å². The average molecular weight is 280 g/mol. The fraction of sp³-hybridized carbons (Fsp3) is 0.714. The Bertz CT molecular complexity index is 433. The van der Waals surface area contributed by atoms with Crippen LogP contribution in [-0.4, -0.2) is 60.0 Å². The molecule has 20 heavy (non-hydrogen) atoms. The van der Waals surface area contributed by atoms with Gasteiger partial charge in [0.05, 0.1) is 25.5 Å². The topological polar surface area (TPSA) is 59.4 Å². The van der Waals surface area contributed by atoms with Crippen molar-refractivity contribution in [2.24, 2.45) is 0 Å². The van der Waals surface area contributed by atoms with Crippen LogP contribution in [0.1, 0.15) is 18.4 Å². The standard InChI is InChI=1S/C14H24N4O2/c1-12-8-16-18(9-12)11-13-10-17(6-7-20-13)14(19)4-3-5-15-2/h8-9,13,15H,3-7,10-11H2,1-2H3. The van der Waals surface area contributed by atoms with Crippen LogP contribution in [0, 0.1) is 6.92 Å². The predicted molar refractivity (Wildman–Crippen MR) is 76.4 cm³/mol. The van der Waals surface area contributed by atoms with Crippen LogP contribution in [0.25, 0.3) is 0 Å². The highest BCUT2D eigenvalue weighted by Crippen LogP contribution is 2.10. The third kappa shape index (κ3) is 4.31. The molecule has 2 rings (SSSR count). The van der Waals surface area contributed by atoms with Crippen molar-refractivity contribution in [3.05, 3.63) is 18.0 Å². The highest BCUT2D eigenvalue weighted by molar-refractivity contribution is 5.76. The summed E-state index contributed by atoms with van der Waals surface area (Å²) < 4.78 is 7.61. The van der Waals surface area contributed by atoms with E-state index < -0.39 is 0 Å². The lowest BCUT2D eigenvalue weighted by Gasteiger charge is -2.33. The molecule has 1 unspecified atom stereocenters. The summed E-state index contributed by atoms with van der Waals surface area (Å²) in [5.41, 5.74) is 1.14. The average Bonchev–Trinajstić information content (AvgIpc) is 2.84. The predicted octanol–water partition coefficient (Wildman–Crippen LogP) is 0.419. The maximum atomic E-state index is 12.1. The zero-order valence-corrected chi connectivity index (χ0v) is 12.3. The molecule has 2 heterocycles. The van der Waals surface area contributed by atoms with Crippen LogP contribution < -0.4 is 5.32 Å². The van der Waals surface area contributed by atoms with Crippen LogP contribution in [-0.2, 0) is 16.1 Å². The van der Waals surface area contributed by atoms with E-state index >= 15 is 0 Å². The number of hydrogen-bond donors (Lipinski definition) is 1. The molecule has 1 aromatic rings. The number of carbonyl (C=O) groups excluding carboxylic acids is 1. The summed E-state index contributed by atoms with van der Waals surface area (Å²) in [6.45, 7) is 5.58. The van der Waals surface area contributed by atoms with Crippen molar-refractivity contribution < 1.29 is 9.53 Å². The van der Waals surface area contributed by atoms with Gasteiger partial charge in [0, 0.05) is 25.7 Å². The highest BCUT2D eigenvalue weighted by Gasteiger charge is 2.24. The molecule has 1 N–H and O–H groups in total. The van der Waals surface area contributed by atoms with Crippen molar-refractivity contribution in [1.82, 2.24) is 20.0 Å². The second-order valence-electron chi connectivity index (χ2n) is 5.28. The Kier molecular flexibility index (Phi) is 5.55. The van der Waals surface area contributed by atoms with Gasteiger partial charge in [-0.2, -0.15) is 5.10 Å². The number of nitrogens with one attached hydrogen (secondary N) is 1. The van der Waals surface area contributed by atoms with Crippen LogP contribution in [0.15, 0.2) is 12.4 Å². The monoisotopic (exact) mass is 280 g/mol. The summed E-state index contributed by atoms with van der Waals surface area (Å²) in [5.74, 6) is 0.227. The van der Waals surface area contributed by atoms with Gasteiger partial charge in [-0.3, -0.25) is 9.48 Å². The van der Waals surface area contributed by atoms with E-state index in [1.165, 1.54) is 0 Å². The van der Waals surface area contributed by atoms with Gasteiger partial charge in [-0.05, 0) is 32.5 Å². The molecule has 1 aromatic heterocycles. The van der Waals surface area contributed by atoms with E-state index in [1.807, 2.05) is 35.9 Å². The van der Waals surface area contributed by atoms with Crippen molar-refractivity contribution in [1.29, 1.82) is 0 Å². The third-order valence-corrected chi connectivity index (χ3v) is 3.46. The molecule has 1 fully saturated rings. The van der Waals surface area contributed by atoms with Crippen molar-refractivity contribution >= 4 is 5.91 Å². The fourth-order valence-corrected chi connectivity index (χ4v) is 2.41. The molecule has 0 aromatic carbocycles. The number of aromatic nitrogens is 2. The first-order valence-electron chi connectivity index (χ1n) is 7.22. The van der Waals surface area contributed by atoms with E-state index in [2.05, 4.69) is 10.4 Å². The summed E-state index contributed by atoms with van der Waals surface area (Å²) in [6, 6.07) is 0. The Morgan fingerprint density at radius 3 is 3.15 bits per heavy atom. The molecule has 1 atom stereocenters. The molecule has 1 amide bonds. The van der Waals surface area contributed by atoms with Crippen LogP contribution >= 0.6 is 0 Å². The Hall–Kier alpha value is -1.40. The van der Waals surface area contributed by atoms with E-state index in [0.717, 1.165) is 18.5 Å². The lowest BCUT2D eigenvalue weighted by atomic mass is 10.2. The lowest BCUT2D eigenvalue weighted by molar-refractivity contribution is -0.139. The van der Waals surface area contributed by atoms with Gasteiger partial charge in [0.15, 0.2) is 0 Å². The smallest absolute Gasteiger partial charge is 0.222 e. The fourth-order valence-electron chi connectivity index (χ4n) is 2.41. The minimum atomic E-state index is 0.0382. The summed E-state index contributed by atoms with van der Waals surface area (Å²) in [5, 5.41) is 7.33. The second kappa shape index (κ2) is 7.40. The van der Waals surface area contributed by atoms with Crippen molar-refractivity contribution in [2.45, 2.75) is 32.4 Å². The Balaban J connectivity index is 1.80. The Labute approximate surface area is 120 Å². The van der Waals surface area contributed by atoms with Crippen LogP contribution in [0.2, 0.25) is 0 Å². The summed E-state index contributed by atoms with van der Waals surface area (Å²) >= 11 is 0. The van der Waals surface area contributed by atoms with Crippen LogP contribution in [0.3, 0.4) is 0 Å². The number of carbonyl (C=O) groups is 1. The first-order chi connectivity index (χ1) is 9.69. The number of ether oxygens (including phenoxy) is 1. The third-order valence-electron chi connectivity index (χ3n) is 3.46. The van der Waals surface area contributed by atoms with E-state index in [1.54, 1.807) is 0 Å². The largest absolute Gasteiger partial charge is 0.373 e. The number of nitrogens with zero attached hydrogens (tertiary/aromatic N) is 3. The van der Waals surface area contributed by atoms with Gasteiger partial charge in [0.25, 0.3) is 0 Å². The minimum absolute atomic E-state index is 0.0382. The van der Waals surface area contributed by atoms with E-state index in [9.17, 15) is 4.79 Å². The zero-order valence-electron chi connectivity index (χ0n) is 12.3. The summed E-state index contributed by atoms with van der Waals surface area (Å²) in [7, 11) is 1.90. The van der Waals surface area contributed by atoms with Gasteiger partial charge in [0.2, 0.25) is 5.91 Å². The highest BCUT2D eigenvalue weighted by atomic mass is 16.5. The molecule has 0 bridgehead atoms. The van der Waals surface area contributed by atoms with Crippen molar-refractivity contribution in [3.8, 4) is 0 Å². The second-order valence-corrected chi connectivity index (χ2v) is 5.28. The van der Waals surface area contributed by atoms with Crippen molar-refractivity contribution in [3.63, 3.8) is 0 Å². The molecule has 0 spiro atoms. The molecule has 1 aliphatic heterocycles. The Morgan fingerprint density at radius 1 is 1.60 bits per heavy atom. The number of hydrogen-bond acceptors (Lipinski definition) is 4. The molecule has 0 radical (unpaired) electrons. The molecule has 6 heteroatoms. The van der Waals surface area contributed by atoms with Gasteiger partial charge < -0.3 is 15.0 Å². The van der Waals surface area contributed by atoms with Gasteiger partial charge in [-0.25, -0.2) is 0 Å². The quantitative estimate of drug-likeness (QED) is 0.767. The van der Waals surface area contributed by atoms with Gasteiger partial charge in [0.1, 0.15) is 0 Å². The van der Waals surface area contributed by atoms with E-state index in [-0.39, 0.29) is 12.0 Å². The molecule has 1 aliphatic rings. The van der Waals surface area contributed by atoms with Gasteiger partial charge >= 0.3 is 0 Å². The number of rotatable bonds is 6. The van der Waals surface area contributed by atoms with E-state index in [4.69, 9.17) is 4.74 Å². The molecular weight excluding hydrogens is 256 g/mol. The Morgan fingerprint density at radius 2 is 2.45 bits per heavy atom. The summed E-state index contributed by atoms with van der Waals surface area (Å²) in [6.07, 6.45) is 5.36. The SMILES string of the molecule is CNCCCC(=O)N1CCOC(Cn2cc(C)cn2)C1.